The van der Waals surface area contributed by atoms with Crippen molar-refractivity contribution in [3.63, 3.8) is 0 Å². The van der Waals surface area contributed by atoms with Gasteiger partial charge in [0.25, 0.3) is 0 Å². The van der Waals surface area contributed by atoms with Crippen molar-refractivity contribution in [3.8, 4) is 5.75 Å². The molecule has 104 valence electrons. The molecule has 0 bridgehead atoms. The van der Waals surface area contributed by atoms with Crippen LogP contribution >= 0.6 is 28.1 Å². The zero-order chi connectivity index (χ0) is 14.5. The van der Waals surface area contributed by atoms with Crippen molar-refractivity contribution in [2.24, 2.45) is 5.73 Å². The van der Waals surface area contributed by atoms with Crippen molar-refractivity contribution in [1.82, 2.24) is 0 Å². The van der Waals surface area contributed by atoms with Crippen LogP contribution in [0, 0.1) is 0 Å². The van der Waals surface area contributed by atoms with E-state index in [0.29, 0.717) is 11.6 Å². The molecule has 3 nitrogen and oxygen atoms in total. The number of benzene rings is 2. The molecule has 0 spiro atoms. The summed E-state index contributed by atoms with van der Waals surface area (Å²) in [5.41, 5.74) is 8.38. The minimum absolute atomic E-state index is 0.377. The zero-order valence-electron chi connectivity index (χ0n) is 11.0. The third kappa shape index (κ3) is 3.71. The maximum Gasteiger partial charge on any atom is 0.121 e. The van der Waals surface area contributed by atoms with Crippen molar-refractivity contribution < 1.29 is 4.74 Å². The van der Waals surface area contributed by atoms with Crippen molar-refractivity contribution in [3.05, 3.63) is 52.5 Å². The van der Waals surface area contributed by atoms with E-state index < -0.39 is 0 Å². The smallest absolute Gasteiger partial charge is 0.121 e. The fourth-order valence-electron chi connectivity index (χ4n) is 1.79. The van der Waals surface area contributed by atoms with E-state index in [1.54, 1.807) is 0 Å². The van der Waals surface area contributed by atoms with Gasteiger partial charge in [0.2, 0.25) is 0 Å². The van der Waals surface area contributed by atoms with E-state index in [1.807, 2.05) is 49.4 Å². The first-order valence-electron chi connectivity index (χ1n) is 6.19. The first-order chi connectivity index (χ1) is 9.60. The molecule has 3 N–H and O–H groups in total. The van der Waals surface area contributed by atoms with Crippen LogP contribution in [0.2, 0.25) is 0 Å². The molecule has 0 fully saturated rings. The molecule has 0 amide bonds. The summed E-state index contributed by atoms with van der Waals surface area (Å²) in [6.45, 7) is 2.61. The molecule has 0 radical (unpaired) electrons. The standard InChI is InChI=1S/C15H15BrN2OS/c1-2-19-12-5-3-4-10(8-12)18-11-6-7-13(15(17)20)14(16)9-11/h3-9,18H,2H2,1H3,(H2,17,20). The second-order valence-electron chi connectivity index (χ2n) is 4.14. The van der Waals surface area contributed by atoms with Crippen LogP contribution in [0.5, 0.6) is 5.75 Å². The highest BCUT2D eigenvalue weighted by Crippen LogP contribution is 2.26. The maximum atomic E-state index is 5.63. The molecule has 0 heterocycles. The topological polar surface area (TPSA) is 47.3 Å². The van der Waals surface area contributed by atoms with Gasteiger partial charge in [-0.15, -0.1) is 0 Å². The van der Waals surface area contributed by atoms with Gasteiger partial charge in [0.1, 0.15) is 10.7 Å². The average molecular weight is 351 g/mol. The lowest BCUT2D eigenvalue weighted by molar-refractivity contribution is 0.340. The normalized spacial score (nSPS) is 10.1. The summed E-state index contributed by atoms with van der Waals surface area (Å²) in [6.07, 6.45) is 0. The molecule has 0 unspecified atom stereocenters. The Hall–Kier alpha value is -1.59. The number of ether oxygens (including phenoxy) is 1. The lowest BCUT2D eigenvalue weighted by atomic mass is 10.2. The first kappa shape index (κ1) is 14.8. The summed E-state index contributed by atoms with van der Waals surface area (Å²) >= 11 is 8.45. The Morgan fingerprint density at radius 1 is 1.25 bits per heavy atom. The van der Waals surface area contributed by atoms with Crippen LogP contribution in [-0.4, -0.2) is 11.6 Å². The third-order valence-corrected chi connectivity index (χ3v) is 3.54. The predicted octanol–water partition coefficient (Wildman–Crippen LogP) is 4.23. The molecular formula is C15H15BrN2OS. The highest BCUT2D eigenvalue weighted by molar-refractivity contribution is 9.10. The van der Waals surface area contributed by atoms with Gasteiger partial charge >= 0.3 is 0 Å². The maximum absolute atomic E-state index is 5.63. The minimum atomic E-state index is 0.377. The van der Waals surface area contributed by atoms with E-state index in [9.17, 15) is 0 Å². The van der Waals surface area contributed by atoms with E-state index in [-0.39, 0.29) is 0 Å². The Kier molecular flexibility index (Phi) is 4.98. The van der Waals surface area contributed by atoms with Gasteiger partial charge in [-0.25, -0.2) is 0 Å². The predicted molar refractivity (Wildman–Crippen MR) is 90.9 cm³/mol. The molecule has 0 saturated heterocycles. The van der Waals surface area contributed by atoms with E-state index in [4.69, 9.17) is 22.7 Å². The Bertz CT molecular complexity index is 631. The molecule has 0 aromatic heterocycles. The van der Waals surface area contributed by atoms with Gasteiger partial charge in [-0.3, -0.25) is 0 Å². The number of hydrogen-bond donors (Lipinski definition) is 2. The number of nitrogens with two attached hydrogens (primary N) is 1. The fraction of sp³-hybridized carbons (Fsp3) is 0.133. The van der Waals surface area contributed by atoms with Crippen molar-refractivity contribution >= 4 is 44.5 Å². The van der Waals surface area contributed by atoms with Gasteiger partial charge in [0, 0.05) is 27.5 Å². The molecule has 0 saturated carbocycles. The van der Waals surface area contributed by atoms with Crippen LogP contribution in [-0.2, 0) is 0 Å². The summed E-state index contributed by atoms with van der Waals surface area (Å²) in [4.78, 5) is 0.377. The average Bonchev–Trinajstić information content (AvgIpc) is 2.39. The molecule has 0 aliphatic heterocycles. The van der Waals surface area contributed by atoms with Crippen LogP contribution in [0.1, 0.15) is 12.5 Å². The van der Waals surface area contributed by atoms with Crippen LogP contribution in [0.4, 0.5) is 11.4 Å². The number of anilines is 2. The minimum Gasteiger partial charge on any atom is -0.494 e. The number of thiocarbonyl (C=S) groups is 1. The molecule has 0 atom stereocenters. The van der Waals surface area contributed by atoms with Gasteiger partial charge in [-0.1, -0.05) is 18.3 Å². The molecule has 5 heteroatoms. The molecule has 2 aromatic carbocycles. The van der Waals surface area contributed by atoms with Crippen molar-refractivity contribution in [2.75, 3.05) is 11.9 Å². The Labute approximate surface area is 132 Å². The Morgan fingerprint density at radius 2 is 2.00 bits per heavy atom. The summed E-state index contributed by atoms with van der Waals surface area (Å²) in [6, 6.07) is 13.6. The highest BCUT2D eigenvalue weighted by atomic mass is 79.9. The summed E-state index contributed by atoms with van der Waals surface area (Å²) in [7, 11) is 0. The lowest BCUT2D eigenvalue weighted by Crippen LogP contribution is -2.10. The SMILES string of the molecule is CCOc1cccc(Nc2ccc(C(N)=S)c(Br)c2)c1. The van der Waals surface area contributed by atoms with E-state index in [1.165, 1.54) is 0 Å². The van der Waals surface area contributed by atoms with E-state index >= 15 is 0 Å². The highest BCUT2D eigenvalue weighted by Gasteiger charge is 2.04. The lowest BCUT2D eigenvalue weighted by Gasteiger charge is -2.10. The molecule has 0 aliphatic rings. The van der Waals surface area contributed by atoms with E-state index in [2.05, 4.69) is 21.2 Å². The molecule has 20 heavy (non-hydrogen) atoms. The van der Waals surface area contributed by atoms with Crippen molar-refractivity contribution in [2.45, 2.75) is 6.92 Å². The summed E-state index contributed by atoms with van der Waals surface area (Å²) in [5.74, 6) is 0.844. The second kappa shape index (κ2) is 6.72. The zero-order valence-corrected chi connectivity index (χ0v) is 13.4. The summed E-state index contributed by atoms with van der Waals surface area (Å²) < 4.78 is 6.35. The van der Waals surface area contributed by atoms with Gasteiger partial charge < -0.3 is 15.8 Å². The number of rotatable bonds is 5. The first-order valence-corrected chi connectivity index (χ1v) is 7.39. The van der Waals surface area contributed by atoms with Gasteiger partial charge in [-0.2, -0.15) is 0 Å². The molecular weight excluding hydrogens is 336 g/mol. The largest absolute Gasteiger partial charge is 0.494 e. The van der Waals surface area contributed by atoms with Crippen molar-refractivity contribution in [1.29, 1.82) is 0 Å². The molecule has 2 rings (SSSR count). The van der Waals surface area contributed by atoms with Crippen LogP contribution < -0.4 is 15.8 Å². The quantitative estimate of drug-likeness (QED) is 0.792. The fourth-order valence-corrected chi connectivity index (χ4v) is 2.69. The Balaban J connectivity index is 2.19. The molecule has 0 aliphatic carbocycles. The number of nitrogens with one attached hydrogen (secondary N) is 1. The number of hydrogen-bond acceptors (Lipinski definition) is 3. The van der Waals surface area contributed by atoms with Crippen LogP contribution in [0.25, 0.3) is 0 Å². The van der Waals surface area contributed by atoms with E-state index in [0.717, 1.165) is 27.2 Å². The summed E-state index contributed by atoms with van der Waals surface area (Å²) in [5, 5.41) is 3.32. The van der Waals surface area contributed by atoms with Gasteiger partial charge in [-0.05, 0) is 53.2 Å². The van der Waals surface area contributed by atoms with Crippen LogP contribution in [0.3, 0.4) is 0 Å². The van der Waals surface area contributed by atoms with Gasteiger partial charge in [0.05, 0.1) is 6.61 Å². The third-order valence-electron chi connectivity index (χ3n) is 2.67. The van der Waals surface area contributed by atoms with Crippen LogP contribution in [0.15, 0.2) is 46.9 Å². The monoisotopic (exact) mass is 350 g/mol. The second-order valence-corrected chi connectivity index (χ2v) is 5.44. The Morgan fingerprint density at radius 3 is 2.65 bits per heavy atom. The number of halogens is 1. The molecule has 2 aromatic rings. The van der Waals surface area contributed by atoms with Gasteiger partial charge in [0.15, 0.2) is 0 Å².